The Kier molecular flexibility index (Phi) is 3.59. The van der Waals surface area contributed by atoms with Crippen LogP contribution in [0.25, 0.3) is 11.0 Å². The molecule has 0 aliphatic rings. The number of ketones is 1. The van der Waals surface area contributed by atoms with Crippen molar-refractivity contribution in [2.45, 2.75) is 13.3 Å². The Hall–Kier alpha value is -1.61. The predicted octanol–water partition coefficient (Wildman–Crippen LogP) is 3.29. The van der Waals surface area contributed by atoms with Crippen LogP contribution in [0.4, 0.5) is 0 Å². The van der Waals surface area contributed by atoms with Crippen molar-refractivity contribution in [2.75, 3.05) is 13.7 Å². The zero-order valence-corrected chi connectivity index (χ0v) is 10.1. The van der Waals surface area contributed by atoms with Crippen LogP contribution >= 0.6 is 0 Å². The van der Waals surface area contributed by atoms with Gasteiger partial charge >= 0.3 is 0 Å². The van der Waals surface area contributed by atoms with Crippen LogP contribution in [0.2, 0.25) is 0 Å². The molecule has 0 amide bonds. The number of methoxy groups -OCH3 is 1. The van der Waals surface area contributed by atoms with E-state index in [1.165, 1.54) is 0 Å². The monoisotopic (exact) mass is 232 g/mol. The summed E-state index contributed by atoms with van der Waals surface area (Å²) in [5, 5.41) is 0.967. The number of carbonyl (C=O) groups is 1. The van der Waals surface area contributed by atoms with E-state index in [0.29, 0.717) is 18.8 Å². The molecule has 0 bridgehead atoms. The van der Waals surface area contributed by atoms with E-state index in [4.69, 9.17) is 9.15 Å². The van der Waals surface area contributed by atoms with Crippen LogP contribution in [0.3, 0.4) is 0 Å². The SMILES string of the molecule is COCCC(C)C(=O)c1cc2ccccc2o1. The molecule has 0 fully saturated rings. The van der Waals surface area contributed by atoms with Gasteiger partial charge in [-0.15, -0.1) is 0 Å². The maximum Gasteiger partial charge on any atom is 0.200 e. The van der Waals surface area contributed by atoms with Crippen LogP contribution in [-0.2, 0) is 4.74 Å². The highest BCUT2D eigenvalue weighted by Crippen LogP contribution is 2.21. The number of hydrogen-bond donors (Lipinski definition) is 0. The van der Waals surface area contributed by atoms with Gasteiger partial charge in [-0.25, -0.2) is 0 Å². The first-order chi connectivity index (χ1) is 8.22. The number of ether oxygens (including phenoxy) is 1. The second-order valence-electron chi connectivity index (χ2n) is 4.20. The predicted molar refractivity (Wildman–Crippen MR) is 66.2 cm³/mol. The molecule has 1 unspecified atom stereocenters. The Morgan fingerprint density at radius 1 is 1.41 bits per heavy atom. The van der Waals surface area contributed by atoms with E-state index in [-0.39, 0.29) is 11.7 Å². The fraction of sp³-hybridized carbons (Fsp3) is 0.357. The molecule has 3 heteroatoms. The fourth-order valence-electron chi connectivity index (χ4n) is 1.77. The lowest BCUT2D eigenvalue weighted by molar-refractivity contribution is 0.0868. The van der Waals surface area contributed by atoms with E-state index in [2.05, 4.69) is 0 Å². The third-order valence-electron chi connectivity index (χ3n) is 2.87. The third kappa shape index (κ3) is 2.56. The van der Waals surface area contributed by atoms with E-state index in [1.807, 2.05) is 31.2 Å². The van der Waals surface area contributed by atoms with Crippen LogP contribution < -0.4 is 0 Å². The Bertz CT molecular complexity index is 480. The van der Waals surface area contributed by atoms with Crippen LogP contribution in [0.15, 0.2) is 34.7 Å². The van der Waals surface area contributed by atoms with Gasteiger partial charge in [-0.05, 0) is 18.6 Å². The molecule has 0 saturated heterocycles. The zero-order valence-electron chi connectivity index (χ0n) is 10.1. The van der Waals surface area contributed by atoms with Crippen molar-refractivity contribution in [2.24, 2.45) is 5.92 Å². The topological polar surface area (TPSA) is 39.4 Å². The lowest BCUT2D eigenvalue weighted by Crippen LogP contribution is -2.12. The Labute approximate surface area is 100 Å². The molecule has 3 nitrogen and oxygen atoms in total. The first-order valence-electron chi connectivity index (χ1n) is 5.74. The quantitative estimate of drug-likeness (QED) is 0.742. The summed E-state index contributed by atoms with van der Waals surface area (Å²) < 4.78 is 10.5. The van der Waals surface area contributed by atoms with Gasteiger partial charge in [-0.3, -0.25) is 4.79 Å². The zero-order chi connectivity index (χ0) is 12.3. The van der Waals surface area contributed by atoms with E-state index in [1.54, 1.807) is 13.2 Å². The summed E-state index contributed by atoms with van der Waals surface area (Å²) in [6.45, 7) is 2.49. The molecule has 0 saturated carbocycles. The molecule has 0 N–H and O–H groups in total. The van der Waals surface area contributed by atoms with Gasteiger partial charge in [0.05, 0.1) is 0 Å². The van der Waals surface area contributed by atoms with Gasteiger partial charge in [0.2, 0.25) is 5.78 Å². The summed E-state index contributed by atoms with van der Waals surface area (Å²) in [7, 11) is 1.64. The van der Waals surface area contributed by atoms with Crippen LogP contribution in [0, 0.1) is 5.92 Å². The van der Waals surface area contributed by atoms with Crippen LogP contribution in [0.5, 0.6) is 0 Å². The normalized spacial score (nSPS) is 12.8. The van der Waals surface area contributed by atoms with Gasteiger partial charge in [-0.2, -0.15) is 0 Å². The minimum Gasteiger partial charge on any atom is -0.453 e. The molecule has 1 atom stereocenters. The number of rotatable bonds is 5. The number of hydrogen-bond acceptors (Lipinski definition) is 3. The maximum absolute atomic E-state index is 12.1. The minimum absolute atomic E-state index is 0.0400. The molecule has 0 spiro atoms. The Morgan fingerprint density at radius 3 is 2.88 bits per heavy atom. The summed E-state index contributed by atoms with van der Waals surface area (Å²) in [6.07, 6.45) is 0.715. The molecular weight excluding hydrogens is 216 g/mol. The van der Waals surface area contributed by atoms with Crippen molar-refractivity contribution in [1.29, 1.82) is 0 Å². The molecule has 1 aromatic heterocycles. The summed E-state index contributed by atoms with van der Waals surface area (Å²) in [4.78, 5) is 12.1. The number of furan rings is 1. The molecule has 0 aliphatic heterocycles. The van der Waals surface area contributed by atoms with Gasteiger partial charge in [0, 0.05) is 25.0 Å². The average molecular weight is 232 g/mol. The molecule has 1 heterocycles. The van der Waals surface area contributed by atoms with E-state index < -0.39 is 0 Å². The third-order valence-corrected chi connectivity index (χ3v) is 2.87. The van der Waals surface area contributed by atoms with Crippen LogP contribution in [0.1, 0.15) is 23.9 Å². The van der Waals surface area contributed by atoms with Gasteiger partial charge in [0.1, 0.15) is 5.58 Å². The van der Waals surface area contributed by atoms with Crippen molar-refractivity contribution >= 4 is 16.8 Å². The molecule has 2 aromatic rings. The Morgan fingerprint density at radius 2 is 2.18 bits per heavy atom. The van der Waals surface area contributed by atoms with Crippen molar-refractivity contribution in [1.82, 2.24) is 0 Å². The largest absolute Gasteiger partial charge is 0.453 e. The second kappa shape index (κ2) is 5.15. The smallest absolute Gasteiger partial charge is 0.200 e. The van der Waals surface area contributed by atoms with Gasteiger partial charge in [0.15, 0.2) is 5.76 Å². The molecular formula is C14H16O3. The number of para-hydroxylation sites is 1. The first-order valence-corrected chi connectivity index (χ1v) is 5.74. The van der Waals surface area contributed by atoms with Gasteiger partial charge in [-0.1, -0.05) is 25.1 Å². The summed E-state index contributed by atoms with van der Waals surface area (Å²) in [6, 6.07) is 9.44. The number of benzene rings is 1. The van der Waals surface area contributed by atoms with Crippen molar-refractivity contribution < 1.29 is 13.9 Å². The minimum atomic E-state index is -0.0736. The molecule has 0 aliphatic carbocycles. The van der Waals surface area contributed by atoms with Crippen molar-refractivity contribution in [3.63, 3.8) is 0 Å². The summed E-state index contributed by atoms with van der Waals surface area (Å²) in [5.74, 6) is 0.406. The van der Waals surface area contributed by atoms with Crippen molar-refractivity contribution in [3.8, 4) is 0 Å². The molecule has 1 aromatic carbocycles. The Balaban J connectivity index is 2.18. The summed E-state index contributed by atoms with van der Waals surface area (Å²) in [5.41, 5.74) is 0.759. The highest BCUT2D eigenvalue weighted by molar-refractivity contribution is 5.98. The van der Waals surface area contributed by atoms with E-state index in [9.17, 15) is 4.79 Å². The molecule has 90 valence electrons. The molecule has 2 rings (SSSR count). The fourth-order valence-corrected chi connectivity index (χ4v) is 1.77. The number of fused-ring (bicyclic) bond motifs is 1. The van der Waals surface area contributed by atoms with Crippen molar-refractivity contribution in [3.05, 3.63) is 36.1 Å². The lowest BCUT2D eigenvalue weighted by Gasteiger charge is -2.06. The van der Waals surface area contributed by atoms with E-state index >= 15 is 0 Å². The highest BCUT2D eigenvalue weighted by Gasteiger charge is 2.18. The van der Waals surface area contributed by atoms with Gasteiger partial charge < -0.3 is 9.15 Å². The lowest BCUT2D eigenvalue weighted by atomic mass is 10.0. The standard InChI is InChI=1S/C14H16O3/c1-10(7-8-16-2)14(15)13-9-11-5-3-4-6-12(11)17-13/h3-6,9-10H,7-8H2,1-2H3. The van der Waals surface area contributed by atoms with E-state index in [0.717, 1.165) is 11.0 Å². The van der Waals surface area contributed by atoms with Gasteiger partial charge in [0.25, 0.3) is 0 Å². The second-order valence-corrected chi connectivity index (χ2v) is 4.20. The first kappa shape index (κ1) is 11.9. The highest BCUT2D eigenvalue weighted by atomic mass is 16.5. The average Bonchev–Trinajstić information content (AvgIpc) is 2.78. The molecule has 17 heavy (non-hydrogen) atoms. The number of Topliss-reactive ketones (excluding diaryl/α,β-unsaturated/α-hetero) is 1. The van der Waals surface area contributed by atoms with Crippen LogP contribution in [-0.4, -0.2) is 19.5 Å². The maximum atomic E-state index is 12.1. The molecule has 0 radical (unpaired) electrons. The summed E-state index contributed by atoms with van der Waals surface area (Å²) >= 11 is 0. The number of carbonyl (C=O) groups excluding carboxylic acids is 1.